The lowest BCUT2D eigenvalue weighted by atomic mass is 10.3. The molecule has 1 unspecified atom stereocenters. The number of rotatable bonds is 5. The maximum atomic E-state index is 11.7. The quantitative estimate of drug-likeness (QED) is 0.836. The average Bonchev–Trinajstić information content (AvgIpc) is 2.29. The highest BCUT2D eigenvalue weighted by Gasteiger charge is 2.12. The number of halogens is 1. The fourth-order valence-corrected chi connectivity index (χ4v) is 1.88. The van der Waals surface area contributed by atoms with Crippen molar-refractivity contribution in [3.63, 3.8) is 0 Å². The lowest BCUT2D eigenvalue weighted by molar-refractivity contribution is 0.149. The van der Waals surface area contributed by atoms with Gasteiger partial charge in [-0.05, 0) is 36.3 Å². The Morgan fingerprint density at radius 2 is 2.18 bits per heavy atom. The number of hydrogen-bond acceptors (Lipinski definition) is 4. The van der Waals surface area contributed by atoms with Gasteiger partial charge in [-0.25, -0.2) is 4.79 Å². The van der Waals surface area contributed by atoms with Crippen LogP contribution in [0.15, 0.2) is 9.27 Å². The van der Waals surface area contributed by atoms with E-state index in [0.29, 0.717) is 12.2 Å². The van der Waals surface area contributed by atoms with Gasteiger partial charge in [0.05, 0.1) is 22.8 Å². The van der Waals surface area contributed by atoms with E-state index >= 15 is 0 Å². The molecule has 1 aromatic heterocycles. The van der Waals surface area contributed by atoms with E-state index in [1.165, 1.54) is 4.57 Å². The van der Waals surface area contributed by atoms with E-state index in [1.54, 1.807) is 6.92 Å². The monoisotopic (exact) mass is 303 g/mol. The number of aryl methyl sites for hydroxylation is 1. The van der Waals surface area contributed by atoms with Gasteiger partial charge in [-0.2, -0.15) is 4.98 Å². The molecule has 0 aromatic carbocycles. The van der Waals surface area contributed by atoms with E-state index < -0.39 is 6.10 Å². The second kappa shape index (κ2) is 6.28. The van der Waals surface area contributed by atoms with Gasteiger partial charge in [0.15, 0.2) is 0 Å². The molecule has 1 atom stereocenters. The number of likely N-dealkylation sites (N-methyl/N-ethyl adjacent to an activating group) is 1. The zero-order chi connectivity index (χ0) is 13.0. The maximum absolute atomic E-state index is 11.7. The normalized spacial score (nSPS) is 12.8. The zero-order valence-corrected chi connectivity index (χ0v) is 11.9. The van der Waals surface area contributed by atoms with E-state index in [4.69, 9.17) is 0 Å². The van der Waals surface area contributed by atoms with Crippen LogP contribution < -0.4 is 11.0 Å². The standard InChI is InChI=1S/C11H18BrN3O2/c1-4-13-5-9(16)6-15-8(3)10(12)7(2)14-11(15)17/h9,13,16H,4-6H2,1-3H3. The molecule has 2 N–H and O–H groups in total. The highest BCUT2D eigenvalue weighted by Crippen LogP contribution is 2.16. The molecule has 0 saturated carbocycles. The van der Waals surface area contributed by atoms with Gasteiger partial charge in [0, 0.05) is 12.2 Å². The van der Waals surface area contributed by atoms with Crippen molar-refractivity contribution in [1.29, 1.82) is 0 Å². The lowest BCUT2D eigenvalue weighted by Crippen LogP contribution is -2.36. The predicted molar refractivity (Wildman–Crippen MR) is 70.2 cm³/mol. The van der Waals surface area contributed by atoms with Crippen LogP contribution in [0, 0.1) is 13.8 Å². The fraction of sp³-hybridized carbons (Fsp3) is 0.636. The second-order valence-corrected chi connectivity index (χ2v) is 4.74. The van der Waals surface area contributed by atoms with Crippen molar-refractivity contribution in [2.75, 3.05) is 13.1 Å². The maximum Gasteiger partial charge on any atom is 0.348 e. The van der Waals surface area contributed by atoms with Crippen molar-refractivity contribution in [3.8, 4) is 0 Å². The molecule has 0 spiro atoms. The molecule has 96 valence electrons. The molecule has 0 aliphatic carbocycles. The number of hydrogen-bond donors (Lipinski definition) is 2. The van der Waals surface area contributed by atoms with Crippen LogP contribution >= 0.6 is 15.9 Å². The van der Waals surface area contributed by atoms with Gasteiger partial charge in [-0.3, -0.25) is 4.57 Å². The summed E-state index contributed by atoms with van der Waals surface area (Å²) in [7, 11) is 0. The smallest absolute Gasteiger partial charge is 0.348 e. The third-order valence-electron chi connectivity index (χ3n) is 2.56. The van der Waals surface area contributed by atoms with E-state index in [9.17, 15) is 9.90 Å². The first-order valence-corrected chi connectivity index (χ1v) is 6.39. The van der Waals surface area contributed by atoms with Crippen molar-refractivity contribution in [1.82, 2.24) is 14.9 Å². The Balaban J connectivity index is 2.91. The van der Waals surface area contributed by atoms with Gasteiger partial charge in [0.25, 0.3) is 0 Å². The summed E-state index contributed by atoms with van der Waals surface area (Å²) in [6, 6.07) is 0. The van der Waals surface area contributed by atoms with Gasteiger partial charge >= 0.3 is 5.69 Å². The van der Waals surface area contributed by atoms with Gasteiger partial charge in [0.2, 0.25) is 0 Å². The number of aromatic nitrogens is 2. The molecule has 0 aliphatic heterocycles. The molecule has 1 heterocycles. The highest BCUT2D eigenvalue weighted by atomic mass is 79.9. The summed E-state index contributed by atoms with van der Waals surface area (Å²) in [6.07, 6.45) is -0.595. The summed E-state index contributed by atoms with van der Waals surface area (Å²) in [4.78, 5) is 15.6. The second-order valence-electron chi connectivity index (χ2n) is 3.95. The summed E-state index contributed by atoms with van der Waals surface area (Å²) in [5.41, 5.74) is 1.14. The van der Waals surface area contributed by atoms with Gasteiger partial charge in [-0.1, -0.05) is 6.92 Å². The molecule has 0 radical (unpaired) electrons. The molecule has 0 bridgehead atoms. The zero-order valence-electron chi connectivity index (χ0n) is 10.3. The van der Waals surface area contributed by atoms with Crippen LogP contribution in [0.3, 0.4) is 0 Å². The molecule has 0 aliphatic rings. The third-order valence-corrected chi connectivity index (χ3v) is 3.71. The molecule has 1 aromatic rings. The predicted octanol–water partition coefficient (Wildman–Crippen LogP) is 0.593. The Kier molecular flexibility index (Phi) is 5.30. The number of nitrogens with one attached hydrogen (secondary N) is 1. The molecule has 0 fully saturated rings. The summed E-state index contributed by atoms with van der Waals surface area (Å²) < 4.78 is 2.30. The Morgan fingerprint density at radius 3 is 2.76 bits per heavy atom. The molecular formula is C11H18BrN3O2. The van der Waals surface area contributed by atoms with Crippen LogP contribution in [0.1, 0.15) is 18.3 Å². The van der Waals surface area contributed by atoms with Crippen molar-refractivity contribution in [3.05, 3.63) is 26.3 Å². The minimum absolute atomic E-state index is 0.254. The van der Waals surface area contributed by atoms with E-state index in [2.05, 4.69) is 26.2 Å². The van der Waals surface area contributed by atoms with Crippen molar-refractivity contribution >= 4 is 15.9 Å². The number of nitrogens with zero attached hydrogens (tertiary/aromatic N) is 2. The van der Waals surface area contributed by atoms with Crippen LogP contribution in [0.25, 0.3) is 0 Å². The van der Waals surface area contributed by atoms with E-state index in [0.717, 1.165) is 16.7 Å². The lowest BCUT2D eigenvalue weighted by Gasteiger charge is -2.16. The Hall–Kier alpha value is -0.720. The first-order chi connectivity index (χ1) is 7.97. The van der Waals surface area contributed by atoms with Crippen LogP contribution in [-0.4, -0.2) is 33.9 Å². The number of aliphatic hydroxyl groups is 1. The molecule has 0 amide bonds. The van der Waals surface area contributed by atoms with Gasteiger partial charge in [-0.15, -0.1) is 0 Å². The third kappa shape index (κ3) is 3.62. The Labute approximate surface area is 109 Å². The van der Waals surface area contributed by atoms with Crippen molar-refractivity contribution in [2.24, 2.45) is 0 Å². The first-order valence-electron chi connectivity index (χ1n) is 5.59. The largest absolute Gasteiger partial charge is 0.390 e. The first kappa shape index (κ1) is 14.3. The Morgan fingerprint density at radius 1 is 1.53 bits per heavy atom. The molecule has 1 rings (SSSR count). The van der Waals surface area contributed by atoms with Crippen molar-refractivity contribution in [2.45, 2.75) is 33.4 Å². The minimum Gasteiger partial charge on any atom is -0.390 e. The molecule has 17 heavy (non-hydrogen) atoms. The topological polar surface area (TPSA) is 67.2 Å². The average molecular weight is 304 g/mol. The minimum atomic E-state index is -0.595. The number of aliphatic hydroxyl groups excluding tert-OH is 1. The summed E-state index contributed by atoms with van der Waals surface area (Å²) in [6.45, 7) is 7.09. The summed E-state index contributed by atoms with van der Waals surface area (Å²) in [5, 5.41) is 12.8. The molecule has 0 saturated heterocycles. The van der Waals surface area contributed by atoms with Crippen LogP contribution in [0.5, 0.6) is 0 Å². The van der Waals surface area contributed by atoms with Crippen LogP contribution in [-0.2, 0) is 6.54 Å². The highest BCUT2D eigenvalue weighted by molar-refractivity contribution is 9.10. The van der Waals surface area contributed by atoms with Gasteiger partial charge < -0.3 is 10.4 Å². The summed E-state index contributed by atoms with van der Waals surface area (Å²) in [5.74, 6) is 0. The molecular weight excluding hydrogens is 286 g/mol. The SMILES string of the molecule is CCNCC(O)Cn1c(C)c(Br)c(C)nc1=O. The van der Waals surface area contributed by atoms with Crippen molar-refractivity contribution < 1.29 is 5.11 Å². The molecule has 6 heteroatoms. The van der Waals surface area contributed by atoms with E-state index in [1.807, 2.05) is 13.8 Å². The fourth-order valence-electron chi connectivity index (χ4n) is 1.58. The van der Waals surface area contributed by atoms with Crippen LogP contribution in [0.2, 0.25) is 0 Å². The van der Waals surface area contributed by atoms with Gasteiger partial charge in [0.1, 0.15) is 0 Å². The Bertz CT molecular complexity index is 445. The van der Waals surface area contributed by atoms with E-state index in [-0.39, 0.29) is 12.2 Å². The molecule has 5 nitrogen and oxygen atoms in total. The van der Waals surface area contributed by atoms with Crippen LogP contribution in [0.4, 0.5) is 0 Å². The summed E-state index contributed by atoms with van der Waals surface area (Å²) >= 11 is 3.39.